The molecule has 1 amide bonds. The highest BCUT2D eigenvalue weighted by atomic mass is 35.5. The lowest BCUT2D eigenvalue weighted by Gasteiger charge is -2.22. The summed E-state index contributed by atoms with van der Waals surface area (Å²) in [6.45, 7) is 0.475. The van der Waals surface area contributed by atoms with Gasteiger partial charge in [-0.05, 0) is 48.2 Å². The highest BCUT2D eigenvalue weighted by Crippen LogP contribution is 2.32. The SMILES string of the molecule is COc1cccc(-c2nc3ccccc3n2C(CCc2ccccc2)C(=O)NCc2ccccc2)c1.[Cl-].[H+]. The summed E-state index contributed by atoms with van der Waals surface area (Å²) in [4.78, 5) is 18.8. The normalized spacial score (nSPS) is 11.5. The van der Waals surface area contributed by atoms with Crippen LogP contribution in [0.25, 0.3) is 22.4 Å². The van der Waals surface area contributed by atoms with Gasteiger partial charge in [0.25, 0.3) is 0 Å². The second-order valence-corrected chi connectivity index (χ2v) is 8.77. The number of fused-ring (bicyclic) bond motifs is 1. The quantitative estimate of drug-likeness (QED) is 0.330. The van der Waals surface area contributed by atoms with Gasteiger partial charge in [-0.1, -0.05) is 84.9 Å². The Morgan fingerprint density at radius 3 is 2.30 bits per heavy atom. The van der Waals surface area contributed by atoms with Gasteiger partial charge in [-0.25, -0.2) is 4.98 Å². The van der Waals surface area contributed by atoms with Gasteiger partial charge in [-0.2, -0.15) is 0 Å². The van der Waals surface area contributed by atoms with E-state index >= 15 is 0 Å². The molecule has 1 N–H and O–H groups in total. The summed E-state index contributed by atoms with van der Waals surface area (Å²) in [7, 11) is 1.65. The maximum Gasteiger partial charge on any atom is 1.00 e. The van der Waals surface area contributed by atoms with Crippen LogP contribution in [0.2, 0.25) is 0 Å². The molecule has 0 aliphatic rings. The summed E-state index contributed by atoms with van der Waals surface area (Å²) in [5.41, 5.74) is 4.96. The van der Waals surface area contributed by atoms with Gasteiger partial charge in [0.2, 0.25) is 5.91 Å². The zero-order valence-electron chi connectivity index (χ0n) is 21.7. The predicted octanol–water partition coefficient (Wildman–Crippen LogP) is 3.32. The molecular weight excluding hydrogens is 482 g/mol. The molecule has 0 bridgehead atoms. The molecule has 1 aromatic heterocycles. The van der Waals surface area contributed by atoms with Crippen molar-refractivity contribution in [3.63, 3.8) is 0 Å². The summed E-state index contributed by atoms with van der Waals surface area (Å²) in [6, 6.07) is 35.7. The smallest absolute Gasteiger partial charge is 1.00 e. The first-order chi connectivity index (χ1) is 17.7. The average molecular weight is 512 g/mol. The number of benzene rings is 4. The molecule has 5 aromatic rings. The predicted molar refractivity (Wildman–Crippen MR) is 145 cm³/mol. The van der Waals surface area contributed by atoms with E-state index in [0.29, 0.717) is 13.0 Å². The molecule has 5 nitrogen and oxygen atoms in total. The number of carbonyl (C=O) groups excluding carboxylic acids is 1. The van der Waals surface area contributed by atoms with Crippen LogP contribution in [-0.4, -0.2) is 22.6 Å². The number of rotatable bonds is 9. The van der Waals surface area contributed by atoms with Crippen molar-refractivity contribution in [3.05, 3.63) is 120 Å². The number of ether oxygens (including phenoxy) is 1. The number of aromatic nitrogens is 2. The van der Waals surface area contributed by atoms with Crippen molar-refractivity contribution >= 4 is 16.9 Å². The van der Waals surface area contributed by atoms with Crippen LogP contribution in [0.4, 0.5) is 0 Å². The molecule has 4 aromatic carbocycles. The van der Waals surface area contributed by atoms with Crippen LogP contribution in [0.3, 0.4) is 0 Å². The lowest BCUT2D eigenvalue weighted by molar-refractivity contribution is -0.124. The number of methoxy groups -OCH3 is 1. The lowest BCUT2D eigenvalue weighted by atomic mass is 10.0. The van der Waals surface area contributed by atoms with Gasteiger partial charge in [-0.3, -0.25) is 4.79 Å². The average Bonchev–Trinajstić information content (AvgIpc) is 3.33. The summed E-state index contributed by atoms with van der Waals surface area (Å²) in [6.07, 6.45) is 1.41. The van der Waals surface area contributed by atoms with Crippen LogP contribution in [0, 0.1) is 0 Å². The third-order valence-corrected chi connectivity index (χ3v) is 6.40. The van der Waals surface area contributed by atoms with E-state index in [1.54, 1.807) is 7.11 Å². The number of aryl methyl sites for hydroxylation is 1. The second-order valence-electron chi connectivity index (χ2n) is 8.77. The molecule has 0 saturated carbocycles. The van der Waals surface area contributed by atoms with Crippen molar-refractivity contribution in [1.29, 1.82) is 0 Å². The molecule has 0 radical (unpaired) electrons. The number of hydrogen-bond acceptors (Lipinski definition) is 3. The van der Waals surface area contributed by atoms with Crippen molar-refractivity contribution in [2.45, 2.75) is 25.4 Å². The van der Waals surface area contributed by atoms with E-state index in [2.05, 4.69) is 22.0 Å². The number of halogens is 1. The summed E-state index contributed by atoms with van der Waals surface area (Å²) in [5, 5.41) is 3.18. The van der Waals surface area contributed by atoms with Gasteiger partial charge >= 0.3 is 1.43 Å². The number of imidazole rings is 1. The van der Waals surface area contributed by atoms with E-state index in [1.807, 2.05) is 97.1 Å². The van der Waals surface area contributed by atoms with Gasteiger partial charge < -0.3 is 27.0 Å². The van der Waals surface area contributed by atoms with Crippen molar-refractivity contribution in [2.24, 2.45) is 0 Å². The monoisotopic (exact) mass is 511 g/mol. The molecule has 1 heterocycles. The van der Waals surface area contributed by atoms with Crippen LogP contribution in [-0.2, 0) is 17.8 Å². The molecular formula is C31H30ClN3O2. The Morgan fingerprint density at radius 1 is 0.892 bits per heavy atom. The van der Waals surface area contributed by atoms with Crippen molar-refractivity contribution in [3.8, 4) is 17.1 Å². The number of amides is 1. The van der Waals surface area contributed by atoms with Crippen LogP contribution in [0.5, 0.6) is 5.75 Å². The first kappa shape index (κ1) is 26.0. The standard InChI is InChI=1S/C31H29N3O2.ClH/c1-36-26-16-10-15-25(21-26)30-33-27-17-8-9-18-28(27)34(30)29(20-19-23-11-4-2-5-12-23)31(35)32-22-24-13-6-3-7-14-24;/h2-18,21,29H,19-20,22H2,1H3,(H,32,35);1H. The van der Waals surface area contributed by atoms with E-state index in [9.17, 15) is 4.79 Å². The van der Waals surface area contributed by atoms with E-state index < -0.39 is 6.04 Å². The van der Waals surface area contributed by atoms with Gasteiger partial charge in [0.15, 0.2) is 0 Å². The van der Waals surface area contributed by atoms with Crippen molar-refractivity contribution < 1.29 is 23.4 Å². The summed E-state index contributed by atoms with van der Waals surface area (Å²) >= 11 is 0. The fraction of sp³-hybridized carbons (Fsp3) is 0.161. The van der Waals surface area contributed by atoms with E-state index in [4.69, 9.17) is 9.72 Å². The first-order valence-electron chi connectivity index (χ1n) is 12.2. The molecule has 188 valence electrons. The molecule has 1 atom stereocenters. The summed E-state index contributed by atoms with van der Waals surface area (Å²) in [5.74, 6) is 1.48. The van der Waals surface area contributed by atoms with Crippen LogP contribution in [0.15, 0.2) is 109 Å². The zero-order valence-corrected chi connectivity index (χ0v) is 21.4. The topological polar surface area (TPSA) is 56.2 Å². The minimum Gasteiger partial charge on any atom is -1.00 e. The fourth-order valence-corrected chi connectivity index (χ4v) is 4.55. The molecule has 6 heteroatoms. The van der Waals surface area contributed by atoms with Crippen LogP contribution >= 0.6 is 0 Å². The second kappa shape index (κ2) is 12.2. The zero-order chi connectivity index (χ0) is 24.7. The Hall–Kier alpha value is -4.09. The van der Waals surface area contributed by atoms with Gasteiger partial charge in [-0.15, -0.1) is 0 Å². The third-order valence-electron chi connectivity index (χ3n) is 6.40. The molecule has 0 aliphatic heterocycles. The Labute approximate surface area is 225 Å². The molecule has 0 aliphatic carbocycles. The number of nitrogens with one attached hydrogen (secondary N) is 1. The molecule has 37 heavy (non-hydrogen) atoms. The molecule has 1 unspecified atom stereocenters. The fourth-order valence-electron chi connectivity index (χ4n) is 4.55. The van der Waals surface area contributed by atoms with Gasteiger partial charge in [0, 0.05) is 12.1 Å². The first-order valence-corrected chi connectivity index (χ1v) is 12.2. The van der Waals surface area contributed by atoms with Crippen LogP contribution in [0.1, 0.15) is 25.0 Å². The van der Waals surface area contributed by atoms with Gasteiger partial charge in [0.1, 0.15) is 17.6 Å². The highest BCUT2D eigenvalue weighted by molar-refractivity contribution is 5.87. The third kappa shape index (κ3) is 6.01. The van der Waals surface area contributed by atoms with Crippen LogP contribution < -0.4 is 22.5 Å². The Kier molecular flexibility index (Phi) is 8.60. The minimum absolute atomic E-state index is 0. The molecule has 5 rings (SSSR count). The molecule has 0 spiro atoms. The number of para-hydroxylation sites is 2. The maximum atomic E-state index is 13.8. The van der Waals surface area contributed by atoms with Crippen molar-refractivity contribution in [1.82, 2.24) is 14.9 Å². The lowest BCUT2D eigenvalue weighted by Crippen LogP contribution is -3.00. The number of nitrogens with zero attached hydrogens (tertiary/aromatic N) is 2. The minimum atomic E-state index is -0.442. The Bertz CT molecular complexity index is 1460. The Morgan fingerprint density at radius 2 is 1.57 bits per heavy atom. The Balaban J connectivity index is 0.00000200. The largest absolute Gasteiger partial charge is 1.00 e. The van der Waals surface area contributed by atoms with Crippen molar-refractivity contribution in [2.75, 3.05) is 7.11 Å². The maximum absolute atomic E-state index is 13.8. The number of carbonyl (C=O) groups is 1. The van der Waals surface area contributed by atoms with E-state index in [1.165, 1.54) is 5.56 Å². The highest BCUT2D eigenvalue weighted by Gasteiger charge is 2.26. The van der Waals surface area contributed by atoms with E-state index in [0.717, 1.165) is 40.2 Å². The van der Waals surface area contributed by atoms with Gasteiger partial charge in [0.05, 0.1) is 18.1 Å². The number of hydrogen-bond donors (Lipinski definition) is 1. The molecule has 0 saturated heterocycles. The summed E-state index contributed by atoms with van der Waals surface area (Å²) < 4.78 is 7.57. The van der Waals surface area contributed by atoms with E-state index in [-0.39, 0.29) is 19.7 Å². The molecule has 0 fully saturated rings.